The summed E-state index contributed by atoms with van der Waals surface area (Å²) in [6, 6.07) is 0. The Labute approximate surface area is 134 Å². The van der Waals surface area contributed by atoms with Gasteiger partial charge in [0.25, 0.3) is 0 Å². The normalized spacial score (nSPS) is 25.3. The molecule has 1 aliphatic heterocycles. The molecule has 4 heteroatoms. The van der Waals surface area contributed by atoms with Crippen LogP contribution < -0.4 is 0 Å². The molecule has 3 aliphatic rings. The van der Waals surface area contributed by atoms with Crippen molar-refractivity contribution < 1.29 is 9.59 Å². The Hall–Kier alpha value is -1.06. The molecular formula is C18H30N2O2. The minimum Gasteiger partial charge on any atom is -0.341 e. The van der Waals surface area contributed by atoms with E-state index in [1.807, 2.05) is 9.80 Å². The number of carbonyl (C=O) groups excluding carboxylic acids is 2. The molecule has 3 fully saturated rings. The third kappa shape index (κ3) is 3.64. The molecule has 0 aromatic carbocycles. The first kappa shape index (κ1) is 15.8. The number of amides is 2. The van der Waals surface area contributed by atoms with Crippen LogP contribution in [-0.2, 0) is 9.59 Å². The molecule has 0 aromatic rings. The summed E-state index contributed by atoms with van der Waals surface area (Å²) >= 11 is 0. The highest BCUT2D eigenvalue weighted by Gasteiger charge is 2.31. The molecule has 1 saturated heterocycles. The van der Waals surface area contributed by atoms with Gasteiger partial charge >= 0.3 is 0 Å². The van der Waals surface area contributed by atoms with Crippen molar-refractivity contribution in [2.24, 2.45) is 11.8 Å². The van der Waals surface area contributed by atoms with E-state index in [4.69, 9.17) is 0 Å². The van der Waals surface area contributed by atoms with Gasteiger partial charge in [0.2, 0.25) is 11.8 Å². The minimum absolute atomic E-state index is 0.255. The van der Waals surface area contributed by atoms with Gasteiger partial charge in [-0.05, 0) is 32.1 Å². The quantitative estimate of drug-likeness (QED) is 0.787. The van der Waals surface area contributed by atoms with Crippen molar-refractivity contribution in [3.8, 4) is 0 Å². The third-order valence-corrected chi connectivity index (χ3v) is 5.78. The zero-order valence-corrected chi connectivity index (χ0v) is 13.8. The maximum atomic E-state index is 12.7. The summed E-state index contributed by atoms with van der Waals surface area (Å²) in [7, 11) is 0. The van der Waals surface area contributed by atoms with Crippen LogP contribution in [0.15, 0.2) is 0 Å². The number of hydrogen-bond acceptors (Lipinski definition) is 2. The molecule has 3 rings (SSSR count). The maximum Gasteiger partial charge on any atom is 0.225 e. The van der Waals surface area contributed by atoms with Crippen molar-refractivity contribution >= 4 is 11.8 Å². The molecule has 4 nitrogen and oxygen atoms in total. The van der Waals surface area contributed by atoms with Crippen LogP contribution in [0, 0.1) is 11.8 Å². The van der Waals surface area contributed by atoms with E-state index in [1.165, 1.54) is 32.1 Å². The van der Waals surface area contributed by atoms with Gasteiger partial charge in [-0.3, -0.25) is 9.59 Å². The molecule has 1 heterocycles. The lowest BCUT2D eigenvalue weighted by Gasteiger charge is -2.28. The van der Waals surface area contributed by atoms with Crippen LogP contribution in [-0.4, -0.2) is 47.8 Å². The molecule has 0 atom stereocenters. The van der Waals surface area contributed by atoms with Crippen LogP contribution in [0.3, 0.4) is 0 Å². The zero-order valence-electron chi connectivity index (χ0n) is 13.8. The van der Waals surface area contributed by atoms with Crippen molar-refractivity contribution in [1.82, 2.24) is 9.80 Å². The first-order valence-corrected chi connectivity index (χ1v) is 9.33. The highest BCUT2D eigenvalue weighted by Crippen LogP contribution is 2.28. The van der Waals surface area contributed by atoms with E-state index in [0.29, 0.717) is 11.8 Å². The van der Waals surface area contributed by atoms with Crippen molar-refractivity contribution in [2.45, 2.75) is 64.2 Å². The Morgan fingerprint density at radius 2 is 0.955 bits per heavy atom. The molecule has 2 amide bonds. The molecule has 0 N–H and O–H groups in total. The highest BCUT2D eigenvalue weighted by atomic mass is 16.2. The first-order chi connectivity index (χ1) is 10.8. The van der Waals surface area contributed by atoms with Crippen molar-refractivity contribution in [3.63, 3.8) is 0 Å². The van der Waals surface area contributed by atoms with E-state index in [9.17, 15) is 9.59 Å². The van der Waals surface area contributed by atoms with E-state index in [-0.39, 0.29) is 11.8 Å². The summed E-state index contributed by atoms with van der Waals surface area (Å²) in [6.07, 6.45) is 11.3. The van der Waals surface area contributed by atoms with Crippen LogP contribution in [0.1, 0.15) is 64.2 Å². The molecular weight excluding hydrogens is 276 g/mol. The van der Waals surface area contributed by atoms with E-state index in [2.05, 4.69) is 0 Å². The molecule has 2 saturated carbocycles. The van der Waals surface area contributed by atoms with Gasteiger partial charge in [-0.15, -0.1) is 0 Å². The lowest BCUT2D eigenvalue weighted by Crippen LogP contribution is -2.41. The second-order valence-corrected chi connectivity index (χ2v) is 7.32. The van der Waals surface area contributed by atoms with E-state index >= 15 is 0 Å². The summed E-state index contributed by atoms with van der Waals surface area (Å²) in [5.41, 5.74) is 0. The first-order valence-electron chi connectivity index (χ1n) is 9.33. The smallest absolute Gasteiger partial charge is 0.225 e. The molecule has 124 valence electrons. The van der Waals surface area contributed by atoms with Crippen LogP contribution in [0.5, 0.6) is 0 Å². The van der Waals surface area contributed by atoms with Crippen LogP contribution in [0.4, 0.5) is 0 Å². The molecule has 22 heavy (non-hydrogen) atoms. The predicted molar refractivity (Wildman–Crippen MR) is 86.3 cm³/mol. The van der Waals surface area contributed by atoms with Crippen molar-refractivity contribution in [1.29, 1.82) is 0 Å². The summed E-state index contributed by atoms with van der Waals surface area (Å²) in [6.45, 7) is 3.16. The van der Waals surface area contributed by atoms with Gasteiger partial charge in [0.15, 0.2) is 0 Å². The summed E-state index contributed by atoms with van der Waals surface area (Å²) < 4.78 is 0. The van der Waals surface area contributed by atoms with Gasteiger partial charge < -0.3 is 9.80 Å². The summed E-state index contributed by atoms with van der Waals surface area (Å²) in [4.78, 5) is 29.3. The maximum absolute atomic E-state index is 12.7. The average Bonchev–Trinajstić information content (AvgIpc) is 2.99. The van der Waals surface area contributed by atoms with Gasteiger partial charge in [-0.2, -0.15) is 0 Å². The number of carbonyl (C=O) groups is 2. The second kappa shape index (κ2) is 7.47. The highest BCUT2D eigenvalue weighted by molar-refractivity contribution is 5.80. The van der Waals surface area contributed by atoms with E-state index in [0.717, 1.165) is 58.3 Å². The summed E-state index contributed by atoms with van der Waals surface area (Å²) in [5, 5.41) is 0. The largest absolute Gasteiger partial charge is 0.341 e. The van der Waals surface area contributed by atoms with Gasteiger partial charge in [0.05, 0.1) is 0 Å². The number of nitrogens with zero attached hydrogens (tertiary/aromatic N) is 2. The Bertz CT molecular complexity index is 398. The van der Waals surface area contributed by atoms with Gasteiger partial charge in [-0.1, -0.05) is 32.1 Å². The molecule has 0 unspecified atom stereocenters. The lowest BCUT2D eigenvalue weighted by molar-refractivity contribution is -0.138. The van der Waals surface area contributed by atoms with Gasteiger partial charge in [0.1, 0.15) is 0 Å². The minimum atomic E-state index is 0.255. The average molecular weight is 306 g/mol. The standard InChI is InChI=1S/C18H30N2O2/c21-17(15-7-2-1-3-8-15)19-11-6-12-20(14-13-19)18(22)16-9-4-5-10-16/h15-16H,1-14H2. The van der Waals surface area contributed by atoms with Crippen molar-refractivity contribution in [2.75, 3.05) is 26.2 Å². The fourth-order valence-corrected chi connectivity index (χ4v) is 4.40. The molecule has 2 aliphatic carbocycles. The molecule has 0 bridgehead atoms. The van der Waals surface area contributed by atoms with Gasteiger partial charge in [0, 0.05) is 38.0 Å². The SMILES string of the molecule is O=C(C1CCCCC1)N1CCCN(C(=O)C2CCCC2)CC1. The lowest BCUT2D eigenvalue weighted by atomic mass is 9.88. The Morgan fingerprint density at radius 1 is 0.545 bits per heavy atom. The molecule has 0 radical (unpaired) electrons. The molecule has 0 spiro atoms. The second-order valence-electron chi connectivity index (χ2n) is 7.32. The number of rotatable bonds is 2. The van der Waals surface area contributed by atoms with Crippen molar-refractivity contribution in [3.05, 3.63) is 0 Å². The molecule has 0 aromatic heterocycles. The number of hydrogen-bond donors (Lipinski definition) is 0. The fourth-order valence-electron chi connectivity index (χ4n) is 4.40. The fraction of sp³-hybridized carbons (Fsp3) is 0.889. The third-order valence-electron chi connectivity index (χ3n) is 5.78. The Kier molecular flexibility index (Phi) is 5.37. The zero-order chi connectivity index (χ0) is 15.4. The van der Waals surface area contributed by atoms with Crippen LogP contribution in [0.2, 0.25) is 0 Å². The predicted octanol–water partition coefficient (Wildman–Crippen LogP) is 2.82. The monoisotopic (exact) mass is 306 g/mol. The topological polar surface area (TPSA) is 40.6 Å². The van der Waals surface area contributed by atoms with Crippen LogP contribution >= 0.6 is 0 Å². The summed E-state index contributed by atoms with van der Waals surface area (Å²) in [5.74, 6) is 1.23. The van der Waals surface area contributed by atoms with Gasteiger partial charge in [-0.25, -0.2) is 0 Å². The van der Waals surface area contributed by atoms with E-state index < -0.39 is 0 Å². The van der Waals surface area contributed by atoms with E-state index in [1.54, 1.807) is 0 Å². The Balaban J connectivity index is 1.52. The Morgan fingerprint density at radius 3 is 1.41 bits per heavy atom. The van der Waals surface area contributed by atoms with Crippen LogP contribution in [0.25, 0.3) is 0 Å².